The molecule has 0 fully saturated rings. The van der Waals surface area contributed by atoms with Gasteiger partial charge < -0.3 is 19.5 Å². The molecule has 0 atom stereocenters. The number of hydrogen-bond acceptors (Lipinski definition) is 6. The summed E-state index contributed by atoms with van der Waals surface area (Å²) in [7, 11) is 3.11. The Labute approximate surface area is 211 Å². The summed E-state index contributed by atoms with van der Waals surface area (Å²) in [6.07, 6.45) is 0.633. The summed E-state index contributed by atoms with van der Waals surface area (Å²) in [5.41, 5.74) is 2.44. The Morgan fingerprint density at radius 2 is 1.69 bits per heavy atom. The van der Waals surface area contributed by atoms with Crippen LogP contribution in [-0.2, 0) is 13.0 Å². The Morgan fingerprint density at radius 1 is 0.944 bits per heavy atom. The van der Waals surface area contributed by atoms with E-state index < -0.39 is 11.6 Å². The highest BCUT2D eigenvalue weighted by Gasteiger charge is 2.14. The zero-order chi connectivity index (χ0) is 25.5. The molecule has 3 aromatic carbocycles. The van der Waals surface area contributed by atoms with Gasteiger partial charge >= 0.3 is 0 Å². The van der Waals surface area contributed by atoms with Gasteiger partial charge in [-0.2, -0.15) is 0 Å². The van der Waals surface area contributed by atoms with Gasteiger partial charge in [0.05, 0.1) is 14.2 Å². The molecule has 0 unspecified atom stereocenters. The van der Waals surface area contributed by atoms with Gasteiger partial charge in [-0.1, -0.05) is 18.2 Å². The van der Waals surface area contributed by atoms with Crippen molar-refractivity contribution >= 4 is 17.2 Å². The second-order valence-electron chi connectivity index (χ2n) is 7.79. The lowest BCUT2D eigenvalue weighted by Gasteiger charge is -2.12. The van der Waals surface area contributed by atoms with Crippen LogP contribution >= 0.6 is 11.3 Å². The predicted molar refractivity (Wildman–Crippen MR) is 134 cm³/mol. The minimum Gasteiger partial charge on any atom is -0.496 e. The molecule has 6 nitrogen and oxygen atoms in total. The number of amides is 1. The molecule has 9 heteroatoms. The van der Waals surface area contributed by atoms with Gasteiger partial charge in [0.2, 0.25) is 0 Å². The highest BCUT2D eigenvalue weighted by molar-refractivity contribution is 7.13. The lowest BCUT2D eigenvalue weighted by Crippen LogP contribution is -2.26. The zero-order valence-corrected chi connectivity index (χ0v) is 20.5. The SMILES string of the molecule is COc1ccccc1CCNC(=O)c1csc(-c2ccc(OCc3cc(F)cc(F)c3)c(OC)c2)n1. The van der Waals surface area contributed by atoms with Crippen molar-refractivity contribution in [1.29, 1.82) is 0 Å². The number of nitrogens with one attached hydrogen (secondary N) is 1. The van der Waals surface area contributed by atoms with Gasteiger partial charge in [0, 0.05) is 23.6 Å². The van der Waals surface area contributed by atoms with E-state index in [2.05, 4.69) is 10.3 Å². The van der Waals surface area contributed by atoms with Crippen molar-refractivity contribution in [2.45, 2.75) is 13.0 Å². The van der Waals surface area contributed by atoms with Crippen LogP contribution in [0.2, 0.25) is 0 Å². The first-order valence-corrected chi connectivity index (χ1v) is 12.0. The van der Waals surface area contributed by atoms with Crippen LogP contribution in [0.4, 0.5) is 8.78 Å². The molecule has 0 aliphatic carbocycles. The summed E-state index contributed by atoms with van der Waals surface area (Å²) in [4.78, 5) is 17.0. The lowest BCUT2D eigenvalue weighted by atomic mass is 10.1. The highest BCUT2D eigenvalue weighted by Crippen LogP contribution is 2.34. The molecule has 1 amide bonds. The Balaban J connectivity index is 1.39. The first kappa shape index (κ1) is 25.1. The fraction of sp³-hybridized carbons (Fsp3) is 0.185. The third-order valence-corrected chi connectivity index (χ3v) is 6.23. The molecule has 4 aromatic rings. The molecule has 1 aromatic heterocycles. The van der Waals surface area contributed by atoms with E-state index in [1.807, 2.05) is 24.3 Å². The fourth-order valence-electron chi connectivity index (χ4n) is 3.60. The molecule has 0 saturated carbocycles. The molecular formula is C27H24F2N2O4S. The van der Waals surface area contributed by atoms with Gasteiger partial charge in [-0.3, -0.25) is 4.79 Å². The van der Waals surface area contributed by atoms with Crippen LogP contribution in [0.3, 0.4) is 0 Å². The molecule has 0 bridgehead atoms. The van der Waals surface area contributed by atoms with Crippen LogP contribution in [0.1, 0.15) is 21.6 Å². The van der Waals surface area contributed by atoms with Crippen LogP contribution in [0, 0.1) is 11.6 Å². The first-order valence-electron chi connectivity index (χ1n) is 11.1. The maximum Gasteiger partial charge on any atom is 0.270 e. The number of thiazole rings is 1. The van der Waals surface area contributed by atoms with Gasteiger partial charge in [-0.15, -0.1) is 11.3 Å². The van der Waals surface area contributed by atoms with Gasteiger partial charge in [0.1, 0.15) is 34.7 Å². The summed E-state index contributed by atoms with van der Waals surface area (Å²) >= 11 is 1.33. The van der Waals surface area contributed by atoms with E-state index in [9.17, 15) is 13.6 Å². The van der Waals surface area contributed by atoms with Crippen molar-refractivity contribution in [2.75, 3.05) is 20.8 Å². The molecule has 0 aliphatic rings. The maximum absolute atomic E-state index is 13.4. The Morgan fingerprint density at radius 3 is 2.44 bits per heavy atom. The minimum atomic E-state index is -0.667. The van der Waals surface area contributed by atoms with E-state index in [4.69, 9.17) is 14.2 Å². The largest absolute Gasteiger partial charge is 0.496 e. The van der Waals surface area contributed by atoms with Crippen LogP contribution in [0.25, 0.3) is 10.6 Å². The lowest BCUT2D eigenvalue weighted by molar-refractivity contribution is 0.0950. The van der Waals surface area contributed by atoms with Crippen molar-refractivity contribution in [1.82, 2.24) is 10.3 Å². The monoisotopic (exact) mass is 510 g/mol. The van der Waals surface area contributed by atoms with Gasteiger partial charge in [0.15, 0.2) is 11.5 Å². The van der Waals surface area contributed by atoms with Gasteiger partial charge in [0.25, 0.3) is 5.91 Å². The molecule has 4 rings (SSSR count). The number of benzene rings is 3. The summed E-state index contributed by atoms with van der Waals surface area (Å²) in [6, 6.07) is 16.1. The predicted octanol–water partition coefficient (Wildman–Crippen LogP) is 5.66. The third kappa shape index (κ3) is 6.17. The molecule has 0 saturated heterocycles. The second-order valence-corrected chi connectivity index (χ2v) is 8.65. The highest BCUT2D eigenvalue weighted by atomic mass is 32.1. The van der Waals surface area contributed by atoms with Crippen molar-refractivity contribution in [3.05, 3.63) is 94.5 Å². The average molecular weight is 511 g/mol. The normalized spacial score (nSPS) is 10.7. The maximum atomic E-state index is 13.4. The minimum absolute atomic E-state index is 0.0270. The smallest absolute Gasteiger partial charge is 0.270 e. The number of hydrogen-bond donors (Lipinski definition) is 1. The van der Waals surface area contributed by atoms with Crippen molar-refractivity contribution in [3.63, 3.8) is 0 Å². The topological polar surface area (TPSA) is 69.7 Å². The standard InChI is InChI=1S/C27H24F2N2O4S/c1-33-23-6-4-3-5-18(23)9-10-30-26(32)22-16-36-27(31-22)19-7-8-24(25(13-19)34-2)35-15-17-11-20(28)14-21(29)12-17/h3-8,11-14,16H,9-10,15H2,1-2H3,(H,30,32). The number of carbonyl (C=O) groups excluding carboxylic acids is 1. The summed E-state index contributed by atoms with van der Waals surface area (Å²) in [6.45, 7) is 0.419. The summed E-state index contributed by atoms with van der Waals surface area (Å²) in [5.74, 6) is 0.0339. The first-order chi connectivity index (χ1) is 17.5. The van der Waals surface area contributed by atoms with Crippen LogP contribution in [0.5, 0.6) is 17.2 Å². The van der Waals surface area contributed by atoms with Crippen LogP contribution in [-0.4, -0.2) is 31.7 Å². The van der Waals surface area contributed by atoms with E-state index in [1.54, 1.807) is 30.7 Å². The number of rotatable bonds is 10. The molecule has 1 heterocycles. The zero-order valence-electron chi connectivity index (χ0n) is 19.7. The quantitative estimate of drug-likeness (QED) is 0.298. The van der Waals surface area contributed by atoms with Crippen molar-refractivity contribution < 1.29 is 27.8 Å². The van der Waals surface area contributed by atoms with Crippen LogP contribution < -0.4 is 19.5 Å². The van der Waals surface area contributed by atoms with E-state index in [0.29, 0.717) is 40.7 Å². The Kier molecular flexibility index (Phi) is 8.12. The van der Waals surface area contributed by atoms with Crippen molar-refractivity contribution in [3.8, 4) is 27.8 Å². The Hall–Kier alpha value is -3.98. The van der Waals surface area contributed by atoms with Crippen LogP contribution in [0.15, 0.2) is 66.0 Å². The van der Waals surface area contributed by atoms with Gasteiger partial charge in [-0.05, 0) is 53.9 Å². The molecule has 0 aliphatic heterocycles. The molecule has 1 N–H and O–H groups in total. The molecule has 0 spiro atoms. The van der Waals surface area contributed by atoms with Crippen molar-refractivity contribution in [2.24, 2.45) is 0 Å². The van der Waals surface area contributed by atoms with E-state index in [1.165, 1.54) is 30.6 Å². The van der Waals surface area contributed by atoms with Gasteiger partial charge in [-0.25, -0.2) is 13.8 Å². The number of methoxy groups -OCH3 is 2. The number of nitrogens with zero attached hydrogens (tertiary/aromatic N) is 1. The number of para-hydroxylation sites is 1. The third-order valence-electron chi connectivity index (χ3n) is 5.34. The fourth-order valence-corrected chi connectivity index (χ4v) is 4.39. The van der Waals surface area contributed by atoms with E-state index in [-0.39, 0.29) is 12.5 Å². The molecule has 36 heavy (non-hydrogen) atoms. The average Bonchev–Trinajstić information content (AvgIpc) is 3.37. The van der Waals surface area contributed by atoms with E-state index in [0.717, 1.165) is 22.9 Å². The molecule has 0 radical (unpaired) electrons. The number of aromatic nitrogens is 1. The summed E-state index contributed by atoms with van der Waals surface area (Å²) < 4.78 is 43.3. The summed E-state index contributed by atoms with van der Waals surface area (Å²) in [5, 5.41) is 5.23. The number of ether oxygens (including phenoxy) is 3. The second kappa shape index (κ2) is 11.6. The molecule has 186 valence electrons. The van der Waals surface area contributed by atoms with E-state index >= 15 is 0 Å². The number of halogens is 2. The number of carbonyl (C=O) groups is 1. The molecular weight excluding hydrogens is 486 g/mol. The Bertz CT molecular complexity index is 1340.